The summed E-state index contributed by atoms with van der Waals surface area (Å²) < 4.78 is 0. The molecule has 5 nitrogen and oxygen atoms in total. The lowest BCUT2D eigenvalue weighted by Gasteiger charge is -2.40. The molecule has 0 aromatic rings. The van der Waals surface area contributed by atoms with Crippen LogP contribution in [0.15, 0.2) is 0 Å². The molecule has 2 rings (SSSR count). The number of carboxylic acid groups (broad SMARTS) is 1. The van der Waals surface area contributed by atoms with Gasteiger partial charge in [-0.25, -0.2) is 4.79 Å². The maximum atomic E-state index is 13.0. The van der Waals surface area contributed by atoms with Crippen LogP contribution in [-0.4, -0.2) is 52.1 Å². The summed E-state index contributed by atoms with van der Waals surface area (Å²) in [4.78, 5) is 26.1. The van der Waals surface area contributed by atoms with E-state index in [-0.39, 0.29) is 17.2 Å². The van der Waals surface area contributed by atoms with Crippen LogP contribution in [0.1, 0.15) is 33.6 Å². The summed E-state index contributed by atoms with van der Waals surface area (Å²) in [6.07, 6.45) is 1.56. The molecule has 2 N–H and O–H groups in total. The van der Waals surface area contributed by atoms with Crippen LogP contribution in [0.3, 0.4) is 0 Å². The number of hydrogen-bond acceptors (Lipinski definition) is 4. The highest BCUT2D eigenvalue weighted by Gasteiger charge is 2.48. The van der Waals surface area contributed by atoms with E-state index in [0.29, 0.717) is 5.75 Å². The molecule has 0 radical (unpaired) electrons. The van der Waals surface area contributed by atoms with Crippen molar-refractivity contribution in [2.24, 2.45) is 11.3 Å². The Morgan fingerprint density at radius 3 is 2.45 bits per heavy atom. The second-order valence-corrected chi connectivity index (χ2v) is 7.49. The van der Waals surface area contributed by atoms with Gasteiger partial charge in [-0.2, -0.15) is 0 Å². The predicted molar refractivity (Wildman–Crippen MR) is 79.6 cm³/mol. The van der Waals surface area contributed by atoms with Crippen molar-refractivity contribution in [1.82, 2.24) is 10.2 Å². The van der Waals surface area contributed by atoms with Crippen LogP contribution in [0.5, 0.6) is 0 Å². The summed E-state index contributed by atoms with van der Waals surface area (Å²) >= 11 is 1.59. The van der Waals surface area contributed by atoms with E-state index in [1.165, 1.54) is 0 Å². The third kappa shape index (κ3) is 2.81. The van der Waals surface area contributed by atoms with Crippen LogP contribution in [0.25, 0.3) is 0 Å². The average Bonchev–Trinajstić information content (AvgIpc) is 2.83. The van der Waals surface area contributed by atoms with Gasteiger partial charge in [-0.15, -0.1) is 11.8 Å². The summed E-state index contributed by atoms with van der Waals surface area (Å²) in [6, 6.07) is -0.674. The zero-order chi connectivity index (χ0) is 14.9. The fourth-order valence-electron chi connectivity index (χ4n) is 2.99. The van der Waals surface area contributed by atoms with E-state index in [4.69, 9.17) is 0 Å². The zero-order valence-electron chi connectivity index (χ0n) is 12.4. The first kappa shape index (κ1) is 15.6. The van der Waals surface area contributed by atoms with Gasteiger partial charge in [0.05, 0.1) is 5.37 Å². The van der Waals surface area contributed by atoms with E-state index in [0.717, 1.165) is 25.9 Å². The summed E-state index contributed by atoms with van der Waals surface area (Å²) in [5.41, 5.74) is -0.420. The first-order valence-corrected chi connectivity index (χ1v) is 8.29. The number of rotatable bonds is 3. The molecular formula is C14H24N2O3S. The Morgan fingerprint density at radius 1 is 1.35 bits per heavy atom. The van der Waals surface area contributed by atoms with Crippen LogP contribution in [0, 0.1) is 11.3 Å². The molecule has 114 valence electrons. The number of carbonyl (C=O) groups excluding carboxylic acids is 1. The van der Waals surface area contributed by atoms with E-state index in [2.05, 4.69) is 5.32 Å². The highest BCUT2D eigenvalue weighted by atomic mass is 32.2. The maximum Gasteiger partial charge on any atom is 0.327 e. The fraction of sp³-hybridized carbons (Fsp3) is 0.857. The van der Waals surface area contributed by atoms with Crippen LogP contribution in [-0.2, 0) is 9.59 Å². The Kier molecular flexibility index (Phi) is 4.64. The number of aliphatic carboxylic acids is 1. The highest BCUT2D eigenvalue weighted by Crippen LogP contribution is 2.40. The van der Waals surface area contributed by atoms with Gasteiger partial charge in [-0.05, 0) is 31.8 Å². The minimum Gasteiger partial charge on any atom is -0.480 e. The third-order valence-electron chi connectivity index (χ3n) is 4.35. The first-order valence-electron chi connectivity index (χ1n) is 7.25. The lowest BCUT2D eigenvalue weighted by Crippen LogP contribution is -2.54. The highest BCUT2D eigenvalue weighted by molar-refractivity contribution is 8.00. The zero-order valence-corrected chi connectivity index (χ0v) is 13.2. The van der Waals surface area contributed by atoms with Crippen molar-refractivity contribution in [2.75, 3.05) is 18.8 Å². The molecule has 0 aromatic heterocycles. The van der Waals surface area contributed by atoms with Crippen molar-refractivity contribution in [3.63, 3.8) is 0 Å². The van der Waals surface area contributed by atoms with Gasteiger partial charge in [-0.3, -0.25) is 4.79 Å². The van der Waals surface area contributed by atoms with E-state index in [9.17, 15) is 14.7 Å². The summed E-state index contributed by atoms with van der Waals surface area (Å²) in [7, 11) is 0. The molecular weight excluding hydrogens is 276 g/mol. The first-order chi connectivity index (χ1) is 9.37. The van der Waals surface area contributed by atoms with Gasteiger partial charge in [0, 0.05) is 11.2 Å². The number of nitrogens with one attached hydrogen (secondary N) is 1. The standard InChI is InChI=1S/C14H24N2O3S/c1-9(2)11-16(10(8-20-11)12(17)18)13(19)14(3)4-6-15-7-5-14/h9-11,15H,4-8H2,1-3H3,(H,17,18). The number of amides is 1. The second-order valence-electron chi connectivity index (χ2n) is 6.35. The lowest BCUT2D eigenvalue weighted by molar-refractivity contribution is -0.155. The smallest absolute Gasteiger partial charge is 0.327 e. The van der Waals surface area contributed by atoms with E-state index in [1.807, 2.05) is 20.8 Å². The normalized spacial score (nSPS) is 29.7. The number of hydrogen-bond donors (Lipinski definition) is 2. The molecule has 20 heavy (non-hydrogen) atoms. The molecule has 0 aromatic carbocycles. The molecule has 1 amide bonds. The number of carboxylic acids is 1. The van der Waals surface area contributed by atoms with Crippen LogP contribution in [0.4, 0.5) is 0 Å². The molecule has 0 saturated carbocycles. The van der Waals surface area contributed by atoms with Gasteiger partial charge in [0.1, 0.15) is 6.04 Å². The molecule has 2 atom stereocenters. The van der Waals surface area contributed by atoms with Crippen LogP contribution >= 0.6 is 11.8 Å². The van der Waals surface area contributed by atoms with Crippen LogP contribution in [0.2, 0.25) is 0 Å². The molecule has 2 unspecified atom stereocenters. The molecule has 0 spiro atoms. The Labute approximate surface area is 124 Å². The Morgan fingerprint density at radius 2 is 1.95 bits per heavy atom. The van der Waals surface area contributed by atoms with Crippen molar-refractivity contribution in [2.45, 2.75) is 45.0 Å². The largest absolute Gasteiger partial charge is 0.480 e. The molecule has 2 saturated heterocycles. The minimum absolute atomic E-state index is 0.0182. The van der Waals surface area contributed by atoms with Crippen molar-refractivity contribution in [1.29, 1.82) is 0 Å². The third-order valence-corrected chi connectivity index (χ3v) is 5.97. The summed E-state index contributed by atoms with van der Waals surface area (Å²) in [6.45, 7) is 7.73. The quantitative estimate of drug-likeness (QED) is 0.824. The molecule has 6 heteroatoms. The molecule has 2 fully saturated rings. The Balaban J connectivity index is 2.24. The van der Waals surface area contributed by atoms with Gasteiger partial charge >= 0.3 is 5.97 Å². The molecule has 0 aliphatic carbocycles. The van der Waals surface area contributed by atoms with Gasteiger partial charge in [-0.1, -0.05) is 20.8 Å². The minimum atomic E-state index is -0.883. The predicted octanol–water partition coefficient (Wildman–Crippen LogP) is 1.39. The van der Waals surface area contributed by atoms with Crippen molar-refractivity contribution in [3.8, 4) is 0 Å². The summed E-state index contributed by atoms with van der Waals surface area (Å²) in [5, 5.41) is 12.6. The number of piperidine rings is 1. The Bertz CT molecular complexity index is 394. The van der Waals surface area contributed by atoms with Crippen LogP contribution < -0.4 is 5.32 Å². The fourth-order valence-corrected chi connectivity index (χ4v) is 4.46. The van der Waals surface area contributed by atoms with E-state index < -0.39 is 17.4 Å². The number of thioether (sulfide) groups is 1. The second kappa shape index (κ2) is 5.93. The number of nitrogens with zero attached hydrogens (tertiary/aromatic N) is 1. The van der Waals surface area contributed by atoms with E-state index in [1.54, 1.807) is 16.7 Å². The van der Waals surface area contributed by atoms with Crippen molar-refractivity contribution < 1.29 is 14.7 Å². The van der Waals surface area contributed by atoms with Crippen molar-refractivity contribution in [3.05, 3.63) is 0 Å². The van der Waals surface area contributed by atoms with Gasteiger partial charge in [0.2, 0.25) is 5.91 Å². The van der Waals surface area contributed by atoms with E-state index >= 15 is 0 Å². The van der Waals surface area contributed by atoms with Gasteiger partial charge in [0.25, 0.3) is 0 Å². The van der Waals surface area contributed by atoms with Gasteiger partial charge in [0.15, 0.2) is 0 Å². The Hall–Kier alpha value is -0.750. The molecule has 2 heterocycles. The average molecular weight is 300 g/mol. The summed E-state index contributed by atoms with van der Waals surface area (Å²) in [5.74, 6) is -0.0987. The SMILES string of the molecule is CC(C)C1SCC(C(=O)O)N1C(=O)C1(C)CCNCC1. The molecule has 0 bridgehead atoms. The maximum absolute atomic E-state index is 13.0. The number of carbonyl (C=O) groups is 2. The van der Waals surface area contributed by atoms with Crippen molar-refractivity contribution >= 4 is 23.6 Å². The molecule has 2 aliphatic heterocycles. The monoisotopic (exact) mass is 300 g/mol. The lowest BCUT2D eigenvalue weighted by atomic mass is 9.79. The van der Waals surface area contributed by atoms with Gasteiger partial charge < -0.3 is 15.3 Å². The molecule has 2 aliphatic rings. The topological polar surface area (TPSA) is 69.6 Å².